The fourth-order valence-corrected chi connectivity index (χ4v) is 3.78. The molecule has 0 aliphatic rings. The first kappa shape index (κ1) is 16.9. The number of nitrogens with one attached hydrogen (secondary N) is 1. The summed E-state index contributed by atoms with van der Waals surface area (Å²) in [5.74, 6) is -0.124. The van der Waals surface area contributed by atoms with Crippen molar-refractivity contribution in [3.63, 3.8) is 0 Å². The average Bonchev–Trinajstić information content (AvgIpc) is 3.09. The minimum atomic E-state index is -0.635. The number of aliphatic hydroxyl groups excluding tert-OH is 1. The van der Waals surface area contributed by atoms with Crippen LogP contribution in [0, 0.1) is 0 Å². The summed E-state index contributed by atoms with van der Waals surface area (Å²) < 4.78 is 0.772. The SMILES string of the molecule is O=C(NCc1ccc(C(O)c2ccccc2)s1)c1ccccc1Br. The minimum absolute atomic E-state index is 0.124. The molecule has 0 radical (unpaired) electrons. The van der Waals surface area contributed by atoms with Crippen molar-refractivity contribution in [2.24, 2.45) is 0 Å². The molecule has 1 heterocycles. The van der Waals surface area contributed by atoms with Crippen molar-refractivity contribution in [3.05, 3.63) is 92.1 Å². The van der Waals surface area contributed by atoms with Crippen LogP contribution in [-0.2, 0) is 6.54 Å². The molecule has 1 atom stereocenters. The number of hydrogen-bond donors (Lipinski definition) is 2. The fraction of sp³-hybridized carbons (Fsp3) is 0.105. The molecule has 5 heteroatoms. The predicted octanol–water partition coefficient (Wildman–Crippen LogP) is 4.52. The summed E-state index contributed by atoms with van der Waals surface area (Å²) in [5.41, 5.74) is 1.47. The third kappa shape index (κ3) is 3.93. The normalized spacial score (nSPS) is 11.9. The zero-order valence-electron chi connectivity index (χ0n) is 12.8. The van der Waals surface area contributed by atoms with Crippen LogP contribution in [-0.4, -0.2) is 11.0 Å². The average molecular weight is 402 g/mol. The number of benzene rings is 2. The number of aliphatic hydroxyl groups is 1. The van der Waals surface area contributed by atoms with Crippen molar-refractivity contribution < 1.29 is 9.90 Å². The largest absolute Gasteiger partial charge is 0.383 e. The van der Waals surface area contributed by atoms with Crippen LogP contribution in [0.3, 0.4) is 0 Å². The Bertz CT molecular complexity index is 832. The van der Waals surface area contributed by atoms with Crippen LogP contribution >= 0.6 is 27.3 Å². The van der Waals surface area contributed by atoms with Gasteiger partial charge < -0.3 is 10.4 Å². The number of hydrogen-bond acceptors (Lipinski definition) is 3. The Kier molecular flexibility index (Phi) is 5.45. The van der Waals surface area contributed by atoms with Gasteiger partial charge in [-0.05, 0) is 45.8 Å². The summed E-state index contributed by atoms with van der Waals surface area (Å²) in [6.45, 7) is 0.437. The number of amides is 1. The molecule has 24 heavy (non-hydrogen) atoms. The van der Waals surface area contributed by atoms with Crippen LogP contribution in [0.5, 0.6) is 0 Å². The lowest BCUT2D eigenvalue weighted by molar-refractivity contribution is 0.0950. The molecular formula is C19H16BrNO2S. The molecule has 1 amide bonds. The minimum Gasteiger partial charge on any atom is -0.383 e. The lowest BCUT2D eigenvalue weighted by atomic mass is 10.1. The van der Waals surface area contributed by atoms with Gasteiger partial charge in [0.05, 0.1) is 12.1 Å². The summed E-state index contributed by atoms with van der Waals surface area (Å²) in [6, 6.07) is 20.7. The first-order chi connectivity index (χ1) is 11.6. The van der Waals surface area contributed by atoms with Gasteiger partial charge in [-0.1, -0.05) is 42.5 Å². The summed E-state index contributed by atoms with van der Waals surface area (Å²) in [7, 11) is 0. The Morgan fingerprint density at radius 1 is 1.04 bits per heavy atom. The van der Waals surface area contributed by atoms with E-state index < -0.39 is 6.10 Å². The molecule has 0 aliphatic carbocycles. The second-order valence-electron chi connectivity index (χ2n) is 5.28. The molecule has 1 aromatic heterocycles. The number of thiophene rings is 1. The third-order valence-corrected chi connectivity index (χ3v) is 5.44. The maximum atomic E-state index is 12.2. The second kappa shape index (κ2) is 7.75. The molecule has 3 aromatic rings. The van der Waals surface area contributed by atoms with Crippen molar-refractivity contribution >= 4 is 33.2 Å². The van der Waals surface area contributed by atoms with Gasteiger partial charge in [-0.2, -0.15) is 0 Å². The van der Waals surface area contributed by atoms with Crippen molar-refractivity contribution in [3.8, 4) is 0 Å². The molecule has 0 bridgehead atoms. The summed E-state index contributed by atoms with van der Waals surface area (Å²) in [4.78, 5) is 14.1. The van der Waals surface area contributed by atoms with Crippen LogP contribution < -0.4 is 5.32 Å². The van der Waals surface area contributed by atoms with E-state index in [1.165, 1.54) is 11.3 Å². The second-order valence-corrected chi connectivity index (χ2v) is 7.33. The van der Waals surface area contributed by atoms with E-state index in [4.69, 9.17) is 0 Å². The first-order valence-electron chi connectivity index (χ1n) is 7.49. The zero-order chi connectivity index (χ0) is 16.9. The van der Waals surface area contributed by atoms with Crippen LogP contribution in [0.2, 0.25) is 0 Å². The molecular weight excluding hydrogens is 386 g/mol. The maximum absolute atomic E-state index is 12.2. The standard InChI is InChI=1S/C19H16BrNO2S/c20-16-9-5-4-8-15(16)19(23)21-12-14-10-11-17(24-14)18(22)13-6-2-1-3-7-13/h1-11,18,22H,12H2,(H,21,23). The van der Waals surface area contributed by atoms with Crippen LogP contribution in [0.4, 0.5) is 0 Å². The van der Waals surface area contributed by atoms with Gasteiger partial charge in [-0.25, -0.2) is 0 Å². The van der Waals surface area contributed by atoms with E-state index in [1.54, 1.807) is 6.07 Å². The molecule has 0 spiro atoms. The highest BCUT2D eigenvalue weighted by Gasteiger charge is 2.14. The predicted molar refractivity (Wildman–Crippen MR) is 100 cm³/mol. The van der Waals surface area contributed by atoms with Crippen LogP contribution in [0.15, 0.2) is 71.2 Å². The highest BCUT2D eigenvalue weighted by Crippen LogP contribution is 2.28. The summed E-state index contributed by atoms with van der Waals surface area (Å²) >= 11 is 4.88. The highest BCUT2D eigenvalue weighted by atomic mass is 79.9. The Labute approximate surface area is 153 Å². The smallest absolute Gasteiger partial charge is 0.252 e. The Morgan fingerprint density at radius 2 is 1.75 bits per heavy atom. The Morgan fingerprint density at radius 3 is 2.50 bits per heavy atom. The van der Waals surface area contributed by atoms with E-state index in [1.807, 2.05) is 60.7 Å². The summed E-state index contributed by atoms with van der Waals surface area (Å²) in [5, 5.41) is 13.3. The van der Waals surface area contributed by atoms with Crippen LogP contribution in [0.25, 0.3) is 0 Å². The molecule has 0 aliphatic heterocycles. The van der Waals surface area contributed by atoms with Crippen molar-refractivity contribution in [2.45, 2.75) is 12.6 Å². The van der Waals surface area contributed by atoms with E-state index in [9.17, 15) is 9.90 Å². The van der Waals surface area contributed by atoms with Gasteiger partial charge in [-0.15, -0.1) is 11.3 Å². The van der Waals surface area contributed by atoms with Crippen molar-refractivity contribution in [1.29, 1.82) is 0 Å². The molecule has 0 saturated heterocycles. The van der Waals surface area contributed by atoms with E-state index >= 15 is 0 Å². The monoisotopic (exact) mass is 401 g/mol. The first-order valence-corrected chi connectivity index (χ1v) is 9.10. The number of rotatable bonds is 5. The van der Waals surface area contributed by atoms with E-state index in [-0.39, 0.29) is 5.91 Å². The summed E-state index contributed by atoms with van der Waals surface area (Å²) in [6.07, 6.45) is -0.635. The van der Waals surface area contributed by atoms with Gasteiger partial charge in [0.25, 0.3) is 5.91 Å². The highest BCUT2D eigenvalue weighted by molar-refractivity contribution is 9.10. The molecule has 3 nitrogen and oxygen atoms in total. The Balaban J connectivity index is 1.64. The van der Waals surface area contributed by atoms with Gasteiger partial charge in [0.2, 0.25) is 0 Å². The topological polar surface area (TPSA) is 49.3 Å². The number of carbonyl (C=O) groups is 1. The zero-order valence-corrected chi connectivity index (χ0v) is 15.2. The van der Waals surface area contributed by atoms with Gasteiger partial charge >= 0.3 is 0 Å². The molecule has 1 unspecified atom stereocenters. The van der Waals surface area contributed by atoms with E-state index in [0.717, 1.165) is 19.8 Å². The molecule has 122 valence electrons. The lowest BCUT2D eigenvalue weighted by Gasteiger charge is -2.08. The van der Waals surface area contributed by atoms with Crippen LogP contribution in [0.1, 0.15) is 31.8 Å². The van der Waals surface area contributed by atoms with Crippen molar-refractivity contribution in [2.75, 3.05) is 0 Å². The van der Waals surface area contributed by atoms with Gasteiger partial charge in [0.15, 0.2) is 0 Å². The lowest BCUT2D eigenvalue weighted by Crippen LogP contribution is -2.22. The molecule has 0 fully saturated rings. The fourth-order valence-electron chi connectivity index (χ4n) is 2.34. The van der Waals surface area contributed by atoms with E-state index in [2.05, 4.69) is 21.2 Å². The van der Waals surface area contributed by atoms with Gasteiger partial charge in [0.1, 0.15) is 6.10 Å². The molecule has 0 saturated carbocycles. The van der Waals surface area contributed by atoms with Gasteiger partial charge in [-0.3, -0.25) is 4.79 Å². The Hall–Kier alpha value is -1.95. The molecule has 3 rings (SSSR count). The quantitative estimate of drug-likeness (QED) is 0.659. The molecule has 2 N–H and O–H groups in total. The maximum Gasteiger partial charge on any atom is 0.252 e. The van der Waals surface area contributed by atoms with E-state index in [0.29, 0.717) is 12.1 Å². The van der Waals surface area contributed by atoms with Gasteiger partial charge in [0, 0.05) is 14.2 Å². The van der Waals surface area contributed by atoms with Crippen molar-refractivity contribution in [1.82, 2.24) is 5.32 Å². The number of halogens is 1. The molecule has 2 aromatic carbocycles. The third-order valence-electron chi connectivity index (χ3n) is 3.61. The number of carbonyl (C=O) groups excluding carboxylic acids is 1.